The van der Waals surface area contributed by atoms with E-state index in [0.29, 0.717) is 26.1 Å². The Morgan fingerprint density at radius 1 is 1.53 bits per heavy atom. The molecule has 2 fully saturated rings. The molecule has 2 aliphatic rings. The standard InChI is InChI=1S/C11H18N2O4/c1-11(10(15)16)2-4-13(7-11)9(14)8-6-12-3-5-17-8/h8,12H,2-7H2,1H3,(H,15,16). The molecule has 2 atom stereocenters. The highest BCUT2D eigenvalue weighted by molar-refractivity contribution is 5.83. The van der Waals surface area contributed by atoms with Gasteiger partial charge in [-0.15, -0.1) is 0 Å². The van der Waals surface area contributed by atoms with Crippen molar-refractivity contribution in [3.05, 3.63) is 0 Å². The van der Waals surface area contributed by atoms with Crippen molar-refractivity contribution in [1.82, 2.24) is 10.2 Å². The second-order valence-corrected chi connectivity index (χ2v) is 4.94. The van der Waals surface area contributed by atoms with Gasteiger partial charge in [-0.05, 0) is 13.3 Å². The Morgan fingerprint density at radius 3 is 2.82 bits per heavy atom. The smallest absolute Gasteiger partial charge is 0.311 e. The van der Waals surface area contributed by atoms with E-state index in [1.54, 1.807) is 11.8 Å². The second kappa shape index (κ2) is 4.62. The molecule has 17 heavy (non-hydrogen) atoms. The topological polar surface area (TPSA) is 78.9 Å². The minimum Gasteiger partial charge on any atom is -0.481 e. The van der Waals surface area contributed by atoms with E-state index in [4.69, 9.17) is 9.84 Å². The third-order valence-electron chi connectivity index (χ3n) is 3.50. The number of carboxylic acid groups (broad SMARTS) is 1. The van der Waals surface area contributed by atoms with Gasteiger partial charge in [0.25, 0.3) is 5.91 Å². The summed E-state index contributed by atoms with van der Waals surface area (Å²) in [5.74, 6) is -0.933. The van der Waals surface area contributed by atoms with E-state index >= 15 is 0 Å². The molecule has 0 bridgehead atoms. The maximum Gasteiger partial charge on any atom is 0.311 e. The van der Waals surface area contributed by atoms with Crippen molar-refractivity contribution in [3.63, 3.8) is 0 Å². The number of amides is 1. The largest absolute Gasteiger partial charge is 0.481 e. The van der Waals surface area contributed by atoms with Gasteiger partial charge in [0.2, 0.25) is 0 Å². The number of carboxylic acids is 1. The maximum absolute atomic E-state index is 12.1. The van der Waals surface area contributed by atoms with Gasteiger partial charge in [-0.2, -0.15) is 0 Å². The third kappa shape index (κ3) is 2.42. The predicted octanol–water partition coefficient (Wildman–Crippen LogP) is -0.702. The summed E-state index contributed by atoms with van der Waals surface area (Å²) in [4.78, 5) is 24.8. The van der Waals surface area contributed by atoms with Gasteiger partial charge < -0.3 is 20.1 Å². The molecule has 6 nitrogen and oxygen atoms in total. The van der Waals surface area contributed by atoms with Gasteiger partial charge in [0.1, 0.15) is 6.10 Å². The number of rotatable bonds is 2. The third-order valence-corrected chi connectivity index (χ3v) is 3.50. The van der Waals surface area contributed by atoms with Crippen LogP contribution in [0, 0.1) is 5.41 Å². The van der Waals surface area contributed by atoms with Gasteiger partial charge in [0.15, 0.2) is 0 Å². The number of morpholine rings is 1. The number of aliphatic carboxylic acids is 1. The van der Waals surface area contributed by atoms with Gasteiger partial charge >= 0.3 is 5.97 Å². The molecule has 2 rings (SSSR count). The molecule has 0 spiro atoms. The average Bonchev–Trinajstić information content (AvgIpc) is 2.74. The zero-order chi connectivity index (χ0) is 12.5. The van der Waals surface area contributed by atoms with Gasteiger partial charge in [-0.25, -0.2) is 0 Å². The van der Waals surface area contributed by atoms with Crippen LogP contribution in [0.1, 0.15) is 13.3 Å². The van der Waals surface area contributed by atoms with Crippen molar-refractivity contribution in [2.45, 2.75) is 19.4 Å². The van der Waals surface area contributed by atoms with Crippen LogP contribution in [-0.4, -0.2) is 60.8 Å². The maximum atomic E-state index is 12.1. The Labute approximate surface area is 99.9 Å². The van der Waals surface area contributed by atoms with E-state index in [9.17, 15) is 9.59 Å². The van der Waals surface area contributed by atoms with Crippen molar-refractivity contribution in [3.8, 4) is 0 Å². The van der Waals surface area contributed by atoms with Crippen molar-refractivity contribution < 1.29 is 19.4 Å². The van der Waals surface area contributed by atoms with Crippen LogP contribution in [0.15, 0.2) is 0 Å². The summed E-state index contributed by atoms with van der Waals surface area (Å²) < 4.78 is 5.38. The number of hydrogen-bond acceptors (Lipinski definition) is 4. The van der Waals surface area contributed by atoms with Crippen LogP contribution in [0.2, 0.25) is 0 Å². The van der Waals surface area contributed by atoms with Gasteiger partial charge in [0, 0.05) is 26.2 Å². The Morgan fingerprint density at radius 2 is 2.29 bits per heavy atom. The van der Waals surface area contributed by atoms with Crippen LogP contribution < -0.4 is 5.32 Å². The van der Waals surface area contributed by atoms with Crippen LogP contribution >= 0.6 is 0 Å². The molecule has 6 heteroatoms. The monoisotopic (exact) mass is 242 g/mol. The summed E-state index contributed by atoms with van der Waals surface area (Å²) in [6.45, 7) is 4.27. The molecule has 2 unspecified atom stereocenters. The molecule has 2 aliphatic heterocycles. The van der Waals surface area contributed by atoms with E-state index in [-0.39, 0.29) is 12.5 Å². The second-order valence-electron chi connectivity index (χ2n) is 4.94. The van der Waals surface area contributed by atoms with E-state index < -0.39 is 17.5 Å². The first kappa shape index (κ1) is 12.3. The molecule has 0 aromatic rings. The Kier molecular flexibility index (Phi) is 3.35. The molecule has 0 saturated carbocycles. The SMILES string of the molecule is CC1(C(=O)O)CCN(C(=O)C2CNCCO2)C1. The lowest BCUT2D eigenvalue weighted by Gasteiger charge is -2.27. The normalized spacial score (nSPS) is 33.7. The summed E-state index contributed by atoms with van der Waals surface area (Å²) in [6.07, 6.45) is 0.0497. The predicted molar refractivity (Wildman–Crippen MR) is 59.5 cm³/mol. The highest BCUT2D eigenvalue weighted by Gasteiger charge is 2.43. The van der Waals surface area contributed by atoms with Crippen molar-refractivity contribution in [2.24, 2.45) is 5.41 Å². The fraction of sp³-hybridized carbons (Fsp3) is 0.818. The van der Waals surface area contributed by atoms with E-state index in [2.05, 4.69) is 5.32 Å². The van der Waals surface area contributed by atoms with Crippen LogP contribution in [0.4, 0.5) is 0 Å². The molecule has 0 aliphatic carbocycles. The van der Waals surface area contributed by atoms with Crippen molar-refractivity contribution in [2.75, 3.05) is 32.8 Å². The van der Waals surface area contributed by atoms with Crippen LogP contribution in [-0.2, 0) is 14.3 Å². The number of likely N-dealkylation sites (tertiary alicyclic amines) is 1. The molecule has 1 amide bonds. The minimum atomic E-state index is -0.838. The average molecular weight is 242 g/mol. The molecule has 96 valence electrons. The molecule has 0 radical (unpaired) electrons. The number of nitrogens with zero attached hydrogens (tertiary/aromatic N) is 1. The number of carbonyl (C=O) groups excluding carboxylic acids is 1. The van der Waals surface area contributed by atoms with Crippen molar-refractivity contribution >= 4 is 11.9 Å². The minimum absolute atomic E-state index is 0.0952. The van der Waals surface area contributed by atoms with Gasteiger partial charge in [0.05, 0.1) is 12.0 Å². The number of ether oxygens (including phenoxy) is 1. The fourth-order valence-electron chi connectivity index (χ4n) is 2.25. The molecule has 0 aromatic carbocycles. The van der Waals surface area contributed by atoms with Crippen LogP contribution in [0.3, 0.4) is 0 Å². The lowest BCUT2D eigenvalue weighted by atomic mass is 9.90. The quantitative estimate of drug-likeness (QED) is 0.669. The lowest BCUT2D eigenvalue weighted by Crippen LogP contribution is -2.49. The highest BCUT2D eigenvalue weighted by atomic mass is 16.5. The van der Waals surface area contributed by atoms with Gasteiger partial charge in [-0.3, -0.25) is 9.59 Å². The van der Waals surface area contributed by atoms with Crippen molar-refractivity contribution in [1.29, 1.82) is 0 Å². The zero-order valence-corrected chi connectivity index (χ0v) is 9.94. The molecule has 2 N–H and O–H groups in total. The Hall–Kier alpha value is -1.14. The van der Waals surface area contributed by atoms with E-state index in [1.807, 2.05) is 0 Å². The van der Waals surface area contributed by atoms with E-state index in [1.165, 1.54) is 0 Å². The molecule has 0 aromatic heterocycles. The number of carbonyl (C=O) groups is 2. The molecular weight excluding hydrogens is 224 g/mol. The molecule has 2 heterocycles. The summed E-state index contributed by atoms with van der Waals surface area (Å²) >= 11 is 0. The first-order valence-electron chi connectivity index (χ1n) is 5.87. The molecular formula is C11H18N2O4. The van der Waals surface area contributed by atoms with Crippen LogP contribution in [0.5, 0.6) is 0 Å². The highest BCUT2D eigenvalue weighted by Crippen LogP contribution is 2.30. The van der Waals surface area contributed by atoms with Crippen LogP contribution in [0.25, 0.3) is 0 Å². The molecule has 2 saturated heterocycles. The summed E-state index contributed by atoms with van der Waals surface area (Å²) in [5, 5.41) is 12.2. The summed E-state index contributed by atoms with van der Waals surface area (Å²) in [5.41, 5.74) is -0.808. The first-order valence-corrected chi connectivity index (χ1v) is 5.87. The Bertz CT molecular complexity index is 327. The number of nitrogens with one attached hydrogen (secondary N) is 1. The lowest BCUT2D eigenvalue weighted by molar-refractivity contribution is -0.149. The first-order chi connectivity index (χ1) is 8.03. The summed E-state index contributed by atoms with van der Waals surface area (Å²) in [6, 6.07) is 0. The zero-order valence-electron chi connectivity index (χ0n) is 9.94. The van der Waals surface area contributed by atoms with E-state index in [0.717, 1.165) is 6.54 Å². The van der Waals surface area contributed by atoms with Gasteiger partial charge in [-0.1, -0.05) is 0 Å². The summed E-state index contributed by atoms with van der Waals surface area (Å²) in [7, 11) is 0. The fourth-order valence-corrected chi connectivity index (χ4v) is 2.25. The Balaban J connectivity index is 1.95. The number of hydrogen-bond donors (Lipinski definition) is 2.